The molecule has 19 heavy (non-hydrogen) atoms. The van der Waals surface area contributed by atoms with Crippen LogP contribution in [0.5, 0.6) is 0 Å². The summed E-state index contributed by atoms with van der Waals surface area (Å²) in [6.45, 7) is 4.91. The molecule has 1 heterocycles. The topological polar surface area (TPSA) is 54.0 Å². The molecule has 0 saturated heterocycles. The molecule has 1 amide bonds. The summed E-state index contributed by atoms with van der Waals surface area (Å²) in [5.74, 6) is -0.113. The Morgan fingerprint density at radius 3 is 3.00 bits per heavy atom. The minimum atomic E-state index is -0.113. The summed E-state index contributed by atoms with van der Waals surface area (Å²) in [6, 6.07) is 5.56. The molecule has 0 aliphatic carbocycles. The van der Waals surface area contributed by atoms with Crippen LogP contribution in [0.4, 0.5) is 5.69 Å². The molecular formula is C14H16ClN3O. The van der Waals surface area contributed by atoms with Gasteiger partial charge in [-0.1, -0.05) is 18.5 Å². The molecule has 0 spiro atoms. The maximum absolute atomic E-state index is 11.8. The first-order valence-electron chi connectivity index (χ1n) is 6.18. The smallest absolute Gasteiger partial charge is 0.238 e. The number of carbonyl (C=O) groups excluding carboxylic acids is 1. The fourth-order valence-corrected chi connectivity index (χ4v) is 2.24. The molecule has 100 valence electrons. The first-order chi connectivity index (χ1) is 9.13. The predicted molar refractivity (Wildman–Crippen MR) is 78.7 cm³/mol. The van der Waals surface area contributed by atoms with Crippen LogP contribution in [0.1, 0.15) is 12.5 Å². The number of nitrogens with zero attached hydrogens (tertiary/aromatic N) is 1. The van der Waals surface area contributed by atoms with E-state index in [0.717, 1.165) is 23.0 Å². The average Bonchev–Trinajstić information content (AvgIpc) is 2.41. The molecule has 5 heteroatoms. The minimum absolute atomic E-state index is 0.113. The van der Waals surface area contributed by atoms with E-state index in [0.29, 0.717) is 10.7 Å². The molecule has 0 atom stereocenters. The number of aryl methyl sites for hydroxylation is 1. The van der Waals surface area contributed by atoms with Crippen LogP contribution in [-0.4, -0.2) is 24.0 Å². The number of carbonyl (C=O) groups is 1. The van der Waals surface area contributed by atoms with Crippen LogP contribution >= 0.6 is 11.6 Å². The third-order valence-corrected chi connectivity index (χ3v) is 3.13. The third-order valence-electron chi connectivity index (χ3n) is 2.83. The zero-order valence-corrected chi connectivity index (χ0v) is 11.7. The van der Waals surface area contributed by atoms with Crippen molar-refractivity contribution in [1.29, 1.82) is 0 Å². The molecule has 0 fully saturated rings. The van der Waals surface area contributed by atoms with Crippen molar-refractivity contribution in [2.24, 2.45) is 0 Å². The van der Waals surface area contributed by atoms with E-state index in [1.54, 1.807) is 6.20 Å². The minimum Gasteiger partial charge on any atom is -0.323 e. The zero-order valence-electron chi connectivity index (χ0n) is 11.0. The summed E-state index contributed by atoms with van der Waals surface area (Å²) in [6.07, 6.45) is 1.73. The Morgan fingerprint density at radius 2 is 2.26 bits per heavy atom. The Bertz CT molecular complexity index is 613. The van der Waals surface area contributed by atoms with E-state index in [9.17, 15) is 4.79 Å². The van der Waals surface area contributed by atoms with Crippen molar-refractivity contribution in [2.75, 3.05) is 18.4 Å². The lowest BCUT2D eigenvalue weighted by atomic mass is 10.1. The summed E-state index contributed by atoms with van der Waals surface area (Å²) >= 11 is 6.22. The lowest BCUT2D eigenvalue weighted by Gasteiger charge is -2.12. The normalized spacial score (nSPS) is 10.7. The summed E-state index contributed by atoms with van der Waals surface area (Å²) in [7, 11) is 0. The van der Waals surface area contributed by atoms with E-state index < -0.39 is 0 Å². The SMILES string of the molecule is CCNCC(=O)Nc1c(Cl)cc(C)c2ncccc12. The summed E-state index contributed by atoms with van der Waals surface area (Å²) in [4.78, 5) is 16.1. The molecule has 1 aromatic carbocycles. The molecule has 0 aliphatic heterocycles. The van der Waals surface area contributed by atoms with Gasteiger partial charge in [0.1, 0.15) is 0 Å². The number of hydrogen-bond acceptors (Lipinski definition) is 3. The number of hydrogen-bond donors (Lipinski definition) is 2. The fourth-order valence-electron chi connectivity index (χ4n) is 1.93. The van der Waals surface area contributed by atoms with Crippen molar-refractivity contribution < 1.29 is 4.79 Å². The Balaban J connectivity index is 2.39. The van der Waals surface area contributed by atoms with Gasteiger partial charge >= 0.3 is 0 Å². The van der Waals surface area contributed by atoms with Gasteiger partial charge in [0.2, 0.25) is 5.91 Å². The lowest BCUT2D eigenvalue weighted by molar-refractivity contribution is -0.115. The van der Waals surface area contributed by atoms with E-state index in [4.69, 9.17) is 11.6 Å². The van der Waals surface area contributed by atoms with Gasteiger partial charge in [-0.15, -0.1) is 0 Å². The lowest BCUT2D eigenvalue weighted by Crippen LogP contribution is -2.28. The number of rotatable bonds is 4. The van der Waals surface area contributed by atoms with Gasteiger partial charge in [0.15, 0.2) is 0 Å². The molecule has 0 aliphatic rings. The highest BCUT2D eigenvalue weighted by molar-refractivity contribution is 6.35. The molecule has 2 rings (SSSR count). The van der Waals surface area contributed by atoms with Crippen molar-refractivity contribution in [1.82, 2.24) is 10.3 Å². The van der Waals surface area contributed by atoms with Gasteiger partial charge in [-0.05, 0) is 37.2 Å². The zero-order chi connectivity index (χ0) is 13.8. The highest BCUT2D eigenvalue weighted by Gasteiger charge is 2.12. The van der Waals surface area contributed by atoms with Crippen LogP contribution < -0.4 is 10.6 Å². The van der Waals surface area contributed by atoms with Crippen molar-refractivity contribution >= 4 is 34.1 Å². The van der Waals surface area contributed by atoms with Crippen molar-refractivity contribution in [2.45, 2.75) is 13.8 Å². The Hall–Kier alpha value is -1.65. The van der Waals surface area contributed by atoms with Crippen LogP contribution in [0.2, 0.25) is 5.02 Å². The number of amides is 1. The number of pyridine rings is 1. The highest BCUT2D eigenvalue weighted by atomic mass is 35.5. The van der Waals surface area contributed by atoms with Crippen LogP contribution in [0.25, 0.3) is 10.9 Å². The van der Waals surface area contributed by atoms with E-state index in [-0.39, 0.29) is 12.5 Å². The Kier molecular flexibility index (Phi) is 4.35. The molecule has 0 radical (unpaired) electrons. The molecular weight excluding hydrogens is 262 g/mol. The van der Waals surface area contributed by atoms with Crippen molar-refractivity contribution in [3.8, 4) is 0 Å². The number of aromatic nitrogens is 1. The fraction of sp³-hybridized carbons (Fsp3) is 0.286. The van der Waals surface area contributed by atoms with Crippen LogP contribution in [-0.2, 0) is 4.79 Å². The predicted octanol–water partition coefficient (Wildman–Crippen LogP) is 2.74. The van der Waals surface area contributed by atoms with Crippen LogP contribution in [0, 0.1) is 6.92 Å². The number of halogens is 1. The van der Waals surface area contributed by atoms with Gasteiger partial charge in [0.25, 0.3) is 0 Å². The van der Waals surface area contributed by atoms with Gasteiger partial charge in [-0.25, -0.2) is 0 Å². The highest BCUT2D eigenvalue weighted by Crippen LogP contribution is 2.32. The number of nitrogens with one attached hydrogen (secondary N) is 2. The summed E-state index contributed by atoms with van der Waals surface area (Å²) in [5, 5.41) is 7.21. The third kappa shape index (κ3) is 3.03. The van der Waals surface area contributed by atoms with Gasteiger partial charge < -0.3 is 10.6 Å². The molecule has 2 aromatic rings. The van der Waals surface area contributed by atoms with Gasteiger partial charge in [-0.2, -0.15) is 0 Å². The van der Waals surface area contributed by atoms with Crippen molar-refractivity contribution in [3.63, 3.8) is 0 Å². The van der Waals surface area contributed by atoms with Crippen molar-refractivity contribution in [3.05, 3.63) is 35.0 Å². The monoisotopic (exact) mass is 277 g/mol. The standard InChI is InChI=1S/C14H16ClN3O/c1-3-16-8-12(19)18-14-10-5-4-6-17-13(10)9(2)7-11(14)15/h4-7,16H,3,8H2,1-2H3,(H,18,19). The number of fused-ring (bicyclic) bond motifs is 1. The molecule has 4 nitrogen and oxygen atoms in total. The Morgan fingerprint density at radius 1 is 1.47 bits per heavy atom. The molecule has 2 N–H and O–H groups in total. The molecule has 0 bridgehead atoms. The van der Waals surface area contributed by atoms with Crippen LogP contribution in [0.15, 0.2) is 24.4 Å². The van der Waals surface area contributed by atoms with Crippen LogP contribution in [0.3, 0.4) is 0 Å². The van der Waals surface area contributed by atoms with E-state index in [2.05, 4.69) is 15.6 Å². The van der Waals surface area contributed by atoms with Gasteiger partial charge in [0.05, 0.1) is 22.8 Å². The van der Waals surface area contributed by atoms with E-state index in [1.165, 1.54) is 0 Å². The molecule has 1 aromatic heterocycles. The number of likely N-dealkylation sites (N-methyl/N-ethyl adjacent to an activating group) is 1. The largest absolute Gasteiger partial charge is 0.323 e. The number of benzene rings is 1. The maximum Gasteiger partial charge on any atom is 0.238 e. The number of anilines is 1. The second-order valence-corrected chi connectivity index (χ2v) is 4.69. The van der Waals surface area contributed by atoms with Gasteiger partial charge in [-0.3, -0.25) is 9.78 Å². The first-order valence-corrected chi connectivity index (χ1v) is 6.55. The first kappa shape index (κ1) is 13.8. The molecule has 0 unspecified atom stereocenters. The van der Waals surface area contributed by atoms with Gasteiger partial charge in [0, 0.05) is 11.6 Å². The summed E-state index contributed by atoms with van der Waals surface area (Å²) < 4.78 is 0. The average molecular weight is 278 g/mol. The van der Waals surface area contributed by atoms with E-state index in [1.807, 2.05) is 32.0 Å². The Labute approximate surface area is 117 Å². The second kappa shape index (κ2) is 5.99. The van der Waals surface area contributed by atoms with E-state index >= 15 is 0 Å². The quantitative estimate of drug-likeness (QED) is 0.903. The molecule has 0 saturated carbocycles. The maximum atomic E-state index is 11.8. The second-order valence-electron chi connectivity index (χ2n) is 4.28. The summed E-state index contributed by atoms with van der Waals surface area (Å²) in [5.41, 5.74) is 2.47.